The topological polar surface area (TPSA) is 170 Å². The number of pyridine rings is 2. The Kier molecular flexibility index (Phi) is 14.0. The van der Waals surface area contributed by atoms with Crippen LogP contribution in [0.15, 0.2) is 82.0 Å². The molecular weight excluding hydrogens is 846 g/mol. The Morgan fingerprint density at radius 1 is 0.750 bits per heavy atom. The summed E-state index contributed by atoms with van der Waals surface area (Å²) in [4.78, 5) is 28.8. The summed E-state index contributed by atoms with van der Waals surface area (Å²) in [5.41, 5.74) is 5.04. The Labute approximate surface area is 342 Å². The summed E-state index contributed by atoms with van der Waals surface area (Å²) in [7, 11) is 1.73. The van der Waals surface area contributed by atoms with Gasteiger partial charge in [0.2, 0.25) is 0 Å². The SMILES string of the molecule is COCCN1CCN(CC(O)COc2ccc(-c3nc4ncc(Br)cc4[nH]3)cc2)CC1.OC(CNC1CC1)COc1ccc(-c2nc3ncc(Br)cc3[nH]2)cc1. The highest BCUT2D eigenvalue weighted by Crippen LogP contribution is 2.25. The molecule has 0 amide bonds. The lowest BCUT2D eigenvalue weighted by Crippen LogP contribution is -2.49. The fourth-order valence-corrected chi connectivity index (χ4v) is 6.90. The molecule has 0 bridgehead atoms. The predicted octanol–water partition coefficient (Wildman–Crippen LogP) is 5.27. The van der Waals surface area contributed by atoms with Crippen molar-refractivity contribution in [3.05, 3.63) is 82.0 Å². The van der Waals surface area contributed by atoms with Gasteiger partial charge in [0.15, 0.2) is 11.3 Å². The van der Waals surface area contributed by atoms with Crippen LogP contribution < -0.4 is 14.8 Å². The molecule has 2 aromatic carbocycles. The predicted molar refractivity (Wildman–Crippen MR) is 223 cm³/mol. The van der Waals surface area contributed by atoms with Crippen LogP contribution in [0.1, 0.15) is 12.8 Å². The number of hydrogen-bond donors (Lipinski definition) is 5. The van der Waals surface area contributed by atoms with Crippen LogP contribution in [-0.2, 0) is 4.74 Å². The van der Waals surface area contributed by atoms with Gasteiger partial charge in [-0.05, 0) is 105 Å². The molecule has 2 atom stereocenters. The fraction of sp³-hybridized carbons (Fsp3) is 0.400. The quantitative estimate of drug-likeness (QED) is 0.0855. The molecule has 5 N–H and O–H groups in total. The number of halogens is 2. The third-order valence-electron chi connectivity index (χ3n) is 9.51. The number of β-amino-alcohol motifs (C(OH)–C–C–N with tert-alkyl or cyclic N) is 1. The Hall–Kier alpha value is -4.00. The first-order chi connectivity index (χ1) is 27.3. The number of methoxy groups -OCH3 is 1. The first-order valence-corrected chi connectivity index (χ1v) is 20.4. The number of nitrogens with zero attached hydrogens (tertiary/aromatic N) is 6. The number of ether oxygens (including phenoxy) is 3. The normalized spacial score (nSPS) is 16.1. The van der Waals surface area contributed by atoms with Crippen molar-refractivity contribution in [2.75, 3.05) is 72.7 Å². The van der Waals surface area contributed by atoms with E-state index >= 15 is 0 Å². The lowest BCUT2D eigenvalue weighted by atomic mass is 10.2. The number of benzene rings is 2. The maximum absolute atomic E-state index is 10.4. The maximum Gasteiger partial charge on any atom is 0.178 e. The molecule has 1 aliphatic carbocycles. The summed E-state index contributed by atoms with van der Waals surface area (Å²) in [6, 6.07) is 19.8. The molecule has 296 valence electrons. The van der Waals surface area contributed by atoms with Gasteiger partial charge in [0.25, 0.3) is 0 Å². The number of piperazine rings is 1. The molecule has 16 heteroatoms. The van der Waals surface area contributed by atoms with Gasteiger partial charge in [0, 0.05) is 91.4 Å². The van der Waals surface area contributed by atoms with E-state index < -0.39 is 12.2 Å². The van der Waals surface area contributed by atoms with E-state index in [1.54, 1.807) is 19.5 Å². The summed E-state index contributed by atoms with van der Waals surface area (Å²) < 4.78 is 18.4. The zero-order chi connectivity index (χ0) is 38.9. The molecule has 2 unspecified atom stereocenters. The summed E-state index contributed by atoms with van der Waals surface area (Å²) in [6.07, 6.45) is 4.86. The standard InChI is InChI=1S/C22H28BrN5O3.C18H19BrN4O2/c1-30-11-10-27-6-8-28(9-7-27)14-18(29)15-31-19-4-2-16(3-5-19)21-25-20-12-17(23)13-24-22(20)26-21;19-12-7-16-18(21-8-12)23-17(22-16)11-1-5-15(6-2-11)25-10-14(24)9-20-13-3-4-13/h2-5,12-13,18,29H,6-11,14-15H2,1H3,(H,24,25,26);1-2,5-8,13-14,20,24H,3-4,9-10H2,(H,21,22,23). The first kappa shape index (κ1) is 40.2. The monoisotopic (exact) mass is 891 g/mol. The van der Waals surface area contributed by atoms with Crippen molar-refractivity contribution in [2.45, 2.75) is 31.1 Å². The second kappa shape index (κ2) is 19.4. The van der Waals surface area contributed by atoms with E-state index in [2.05, 4.69) is 76.9 Å². The van der Waals surface area contributed by atoms with Gasteiger partial charge in [-0.25, -0.2) is 19.9 Å². The Bertz CT molecular complexity index is 2140. The number of rotatable bonds is 16. The van der Waals surface area contributed by atoms with Crippen LogP contribution in [0.4, 0.5) is 0 Å². The number of fused-ring (bicyclic) bond motifs is 2. The smallest absolute Gasteiger partial charge is 0.178 e. The molecule has 5 heterocycles. The van der Waals surface area contributed by atoms with Gasteiger partial charge in [-0.2, -0.15) is 0 Å². The van der Waals surface area contributed by atoms with Crippen molar-refractivity contribution < 1.29 is 24.4 Å². The van der Waals surface area contributed by atoms with Crippen molar-refractivity contribution in [2.24, 2.45) is 0 Å². The van der Waals surface area contributed by atoms with Gasteiger partial charge >= 0.3 is 0 Å². The number of aliphatic hydroxyl groups is 2. The van der Waals surface area contributed by atoms with Crippen LogP contribution in [0.25, 0.3) is 45.1 Å². The third kappa shape index (κ3) is 11.5. The number of aromatic amines is 2. The van der Waals surface area contributed by atoms with E-state index in [0.717, 1.165) is 93.6 Å². The molecular formula is C40H47Br2N9O5. The third-order valence-corrected chi connectivity index (χ3v) is 10.4. The van der Waals surface area contributed by atoms with Crippen LogP contribution >= 0.6 is 31.9 Å². The highest BCUT2D eigenvalue weighted by Gasteiger charge is 2.22. The Balaban J connectivity index is 0.000000175. The van der Waals surface area contributed by atoms with Crippen molar-refractivity contribution in [1.29, 1.82) is 0 Å². The van der Waals surface area contributed by atoms with Gasteiger partial charge in [0.1, 0.15) is 48.6 Å². The van der Waals surface area contributed by atoms with E-state index in [9.17, 15) is 10.2 Å². The van der Waals surface area contributed by atoms with Crippen molar-refractivity contribution in [3.63, 3.8) is 0 Å². The fourth-order valence-electron chi connectivity index (χ4n) is 6.24. The lowest BCUT2D eigenvalue weighted by molar-refractivity contribution is 0.0405. The largest absolute Gasteiger partial charge is 0.491 e. The Morgan fingerprint density at radius 2 is 1.25 bits per heavy atom. The maximum atomic E-state index is 10.4. The number of aliphatic hydroxyl groups excluding tert-OH is 2. The average molecular weight is 894 g/mol. The highest BCUT2D eigenvalue weighted by atomic mass is 79.9. The number of nitrogens with one attached hydrogen (secondary N) is 3. The second-order valence-electron chi connectivity index (χ2n) is 14.0. The molecule has 56 heavy (non-hydrogen) atoms. The number of H-pyrrole nitrogens is 2. The molecule has 8 rings (SSSR count). The molecule has 1 aliphatic heterocycles. The van der Waals surface area contributed by atoms with Crippen LogP contribution in [0.3, 0.4) is 0 Å². The molecule has 6 aromatic rings. The van der Waals surface area contributed by atoms with E-state index in [-0.39, 0.29) is 13.2 Å². The molecule has 1 saturated carbocycles. The average Bonchev–Trinajstić information content (AvgIpc) is 3.81. The van der Waals surface area contributed by atoms with Crippen molar-refractivity contribution in [1.82, 2.24) is 45.0 Å². The van der Waals surface area contributed by atoms with E-state index in [1.807, 2.05) is 60.7 Å². The van der Waals surface area contributed by atoms with Gasteiger partial charge in [-0.1, -0.05) is 0 Å². The minimum absolute atomic E-state index is 0.270. The molecule has 4 aromatic heterocycles. The van der Waals surface area contributed by atoms with E-state index in [4.69, 9.17) is 14.2 Å². The molecule has 2 aliphatic rings. The van der Waals surface area contributed by atoms with Gasteiger partial charge in [-0.15, -0.1) is 0 Å². The summed E-state index contributed by atoms with van der Waals surface area (Å²) in [6.45, 7) is 7.40. The van der Waals surface area contributed by atoms with Crippen molar-refractivity contribution in [3.8, 4) is 34.3 Å². The summed E-state index contributed by atoms with van der Waals surface area (Å²) >= 11 is 6.83. The number of hydrogen-bond acceptors (Lipinski definition) is 12. The number of imidazole rings is 2. The molecule has 0 radical (unpaired) electrons. The summed E-state index contributed by atoms with van der Waals surface area (Å²) in [5, 5.41) is 23.6. The van der Waals surface area contributed by atoms with Gasteiger partial charge in [-0.3, -0.25) is 9.80 Å². The zero-order valence-corrected chi connectivity index (χ0v) is 34.4. The number of aromatic nitrogens is 6. The van der Waals surface area contributed by atoms with Crippen LogP contribution in [0, 0.1) is 0 Å². The minimum Gasteiger partial charge on any atom is -0.491 e. The molecule has 14 nitrogen and oxygen atoms in total. The lowest BCUT2D eigenvalue weighted by Gasteiger charge is -2.35. The van der Waals surface area contributed by atoms with Gasteiger partial charge in [0.05, 0.1) is 17.6 Å². The minimum atomic E-state index is -0.523. The van der Waals surface area contributed by atoms with Crippen molar-refractivity contribution >= 4 is 54.2 Å². The van der Waals surface area contributed by atoms with Crippen LogP contribution in [0.5, 0.6) is 11.5 Å². The van der Waals surface area contributed by atoms with E-state index in [0.29, 0.717) is 30.4 Å². The molecule has 2 fully saturated rings. The molecule has 1 saturated heterocycles. The van der Waals surface area contributed by atoms with Crippen LogP contribution in [-0.4, -0.2) is 141 Å². The zero-order valence-electron chi connectivity index (χ0n) is 31.2. The second-order valence-corrected chi connectivity index (χ2v) is 15.8. The van der Waals surface area contributed by atoms with Gasteiger partial charge < -0.3 is 39.7 Å². The summed E-state index contributed by atoms with van der Waals surface area (Å²) in [5.74, 6) is 2.98. The molecule has 0 spiro atoms. The highest BCUT2D eigenvalue weighted by molar-refractivity contribution is 9.10. The first-order valence-electron chi connectivity index (χ1n) is 18.8. The Morgan fingerprint density at radius 3 is 1.75 bits per heavy atom. The van der Waals surface area contributed by atoms with E-state index in [1.165, 1.54) is 12.8 Å². The van der Waals surface area contributed by atoms with Crippen LogP contribution in [0.2, 0.25) is 0 Å².